The molecule has 0 saturated heterocycles. The average molecular weight is 618 g/mol. The first-order valence-corrected chi connectivity index (χ1v) is 17.7. The van der Waals surface area contributed by atoms with Crippen molar-refractivity contribution < 1.29 is 42.3 Å². The summed E-state index contributed by atoms with van der Waals surface area (Å²) < 4.78 is 24.0. The molecule has 2 aromatic rings. The minimum absolute atomic E-state index is 0. The Kier molecular flexibility index (Phi) is 24.4. The molecule has 0 bridgehead atoms. The summed E-state index contributed by atoms with van der Waals surface area (Å²) in [4.78, 5) is 0. The van der Waals surface area contributed by atoms with Crippen molar-refractivity contribution in [3.05, 3.63) is 122 Å². The summed E-state index contributed by atoms with van der Waals surface area (Å²) in [6.45, 7) is 15.1. The first-order valence-electron chi connectivity index (χ1n) is 11.8. The molecule has 0 unspecified atom stereocenters. The number of hydrogen-bond donors (Lipinski definition) is 2. The Bertz CT molecular complexity index is 897. The Morgan fingerprint density at radius 1 is 0.658 bits per heavy atom. The topological polar surface area (TPSA) is 40.5 Å². The van der Waals surface area contributed by atoms with Crippen molar-refractivity contribution in [3.8, 4) is 11.5 Å². The van der Waals surface area contributed by atoms with Crippen LogP contribution in [0, 0.1) is 50.5 Å². The maximum atomic E-state index is 12.0. The SMILES string of the molecule is CC1=CC(C(C)C)=[C-]C1.CC1=CC(C(C)C)=[C-]C1.Oc1ccc(F)cc1.Oc1ccc(F)cc1.[CH3-].[CH3-].[SiH2]=[Zr]. The third-order valence-electron chi connectivity index (χ3n) is 4.84. The second-order valence-corrected chi connectivity index (χ2v) is 8.86. The molecule has 0 fully saturated rings. The fourth-order valence-electron chi connectivity index (χ4n) is 2.84. The summed E-state index contributed by atoms with van der Waals surface area (Å²) in [5.41, 5.74) is 5.65. The molecular weight excluding hydrogens is 574 g/mol. The van der Waals surface area contributed by atoms with Crippen LogP contribution in [0.3, 0.4) is 0 Å². The molecule has 2 aliphatic carbocycles. The molecule has 2 aromatic carbocycles. The quantitative estimate of drug-likeness (QED) is 0.262. The summed E-state index contributed by atoms with van der Waals surface area (Å²) in [7, 11) is 0. The van der Waals surface area contributed by atoms with Crippen LogP contribution in [0.5, 0.6) is 11.5 Å². The summed E-state index contributed by atoms with van der Waals surface area (Å²) in [6, 6.07) is 10.0. The van der Waals surface area contributed by atoms with Crippen molar-refractivity contribution in [3.63, 3.8) is 0 Å². The van der Waals surface area contributed by atoms with Gasteiger partial charge in [0, 0.05) is 0 Å². The van der Waals surface area contributed by atoms with Gasteiger partial charge < -0.3 is 25.1 Å². The Labute approximate surface area is 247 Å². The van der Waals surface area contributed by atoms with Crippen molar-refractivity contribution in [2.75, 3.05) is 0 Å². The van der Waals surface area contributed by atoms with Crippen LogP contribution in [0.1, 0.15) is 54.4 Å². The molecule has 0 aliphatic heterocycles. The van der Waals surface area contributed by atoms with E-state index in [1.807, 2.05) is 6.88 Å². The van der Waals surface area contributed by atoms with E-state index in [4.69, 9.17) is 10.2 Å². The van der Waals surface area contributed by atoms with Crippen molar-refractivity contribution in [2.24, 2.45) is 11.8 Å². The predicted octanol–water partition coefficient (Wildman–Crippen LogP) is 8.49. The zero-order valence-corrected chi connectivity index (χ0v) is 28.1. The van der Waals surface area contributed by atoms with Gasteiger partial charge in [-0.05, 0) is 48.5 Å². The van der Waals surface area contributed by atoms with Crippen LogP contribution >= 0.6 is 0 Å². The van der Waals surface area contributed by atoms with Gasteiger partial charge in [0.2, 0.25) is 0 Å². The molecule has 0 heterocycles. The Morgan fingerprint density at radius 2 is 0.921 bits per heavy atom. The monoisotopic (exact) mass is 616 g/mol. The fraction of sp³-hybridized carbons (Fsp3) is 0.312. The molecule has 38 heavy (non-hydrogen) atoms. The van der Waals surface area contributed by atoms with E-state index < -0.39 is 0 Å². The molecule has 0 atom stereocenters. The third kappa shape index (κ3) is 19.1. The molecule has 210 valence electrons. The van der Waals surface area contributed by atoms with E-state index >= 15 is 0 Å². The van der Waals surface area contributed by atoms with Crippen molar-refractivity contribution in [1.29, 1.82) is 0 Å². The number of benzene rings is 2. The van der Waals surface area contributed by atoms with E-state index in [1.165, 1.54) is 70.8 Å². The number of aromatic hydroxyl groups is 2. The van der Waals surface area contributed by atoms with Gasteiger partial charge in [-0.3, -0.25) is 12.2 Å². The van der Waals surface area contributed by atoms with Gasteiger partial charge in [0.15, 0.2) is 0 Å². The summed E-state index contributed by atoms with van der Waals surface area (Å²) in [5.74, 6) is 0.827. The Hall–Kier alpha value is -2.04. The molecule has 2 nitrogen and oxygen atoms in total. The second-order valence-electron chi connectivity index (χ2n) is 8.86. The van der Waals surface area contributed by atoms with Gasteiger partial charge in [0.25, 0.3) is 0 Å². The molecule has 6 heteroatoms. The summed E-state index contributed by atoms with van der Waals surface area (Å²) >= 11 is 1.58. The summed E-state index contributed by atoms with van der Waals surface area (Å²) in [5, 5.41) is 17.2. The zero-order valence-electron chi connectivity index (χ0n) is 24.2. The van der Waals surface area contributed by atoms with Crippen LogP contribution in [-0.2, 0) is 23.3 Å². The molecule has 0 aromatic heterocycles. The number of phenolic OH excluding ortho intramolecular Hbond substituents is 2. The zero-order chi connectivity index (χ0) is 27.7. The molecule has 4 rings (SSSR count). The van der Waals surface area contributed by atoms with E-state index in [2.05, 4.69) is 65.8 Å². The first-order chi connectivity index (χ1) is 17.0. The van der Waals surface area contributed by atoms with Crippen LogP contribution in [0.15, 0.2) is 83.0 Å². The van der Waals surface area contributed by atoms with Gasteiger partial charge >= 0.3 is 30.2 Å². The number of halogens is 2. The average Bonchev–Trinajstić information content (AvgIpc) is 3.49. The van der Waals surface area contributed by atoms with E-state index in [0.717, 1.165) is 12.8 Å². The van der Waals surface area contributed by atoms with Crippen LogP contribution in [-0.4, -0.2) is 17.1 Å². The minimum atomic E-state index is -0.331. The Morgan fingerprint density at radius 3 is 1.05 bits per heavy atom. The van der Waals surface area contributed by atoms with Gasteiger partial charge in [-0.25, -0.2) is 32.1 Å². The van der Waals surface area contributed by atoms with E-state index in [9.17, 15) is 8.78 Å². The van der Waals surface area contributed by atoms with Crippen LogP contribution < -0.4 is 0 Å². The van der Waals surface area contributed by atoms with Gasteiger partial charge in [0.1, 0.15) is 23.1 Å². The second kappa shape index (κ2) is 22.9. The Balaban J connectivity index is -0.000000414. The van der Waals surface area contributed by atoms with Gasteiger partial charge in [0.05, 0.1) is 0 Å². The standard InChI is InChI=1S/2C9H13.2C6H5FO.2CH3.H2Si.Zr/c2*1-7(2)9-5-4-8(3)6-9;2*7-5-1-3-6(8)4-2-5;;;;/h2*6-7H,4H2,1-3H3;2*1-4,8H;2*1H3;1H2;/q2*-1;;;2*-1;;. The van der Waals surface area contributed by atoms with Crippen molar-refractivity contribution in [1.82, 2.24) is 0 Å². The maximum absolute atomic E-state index is 12.0. The summed E-state index contributed by atoms with van der Waals surface area (Å²) in [6.07, 6.45) is 13.2. The van der Waals surface area contributed by atoms with Crippen LogP contribution in [0.4, 0.5) is 8.78 Å². The van der Waals surface area contributed by atoms with Gasteiger partial charge in [-0.1, -0.05) is 53.4 Å². The molecule has 0 saturated carbocycles. The molecule has 0 amide bonds. The van der Waals surface area contributed by atoms with Gasteiger partial charge in [-0.2, -0.15) is 11.1 Å². The van der Waals surface area contributed by atoms with E-state index in [0.29, 0.717) is 11.8 Å². The van der Waals surface area contributed by atoms with E-state index in [1.54, 1.807) is 23.3 Å². The van der Waals surface area contributed by atoms with Crippen molar-refractivity contribution >= 4 is 6.88 Å². The molecule has 2 aliphatic rings. The predicted molar refractivity (Wildman–Crippen MR) is 157 cm³/mol. The number of phenols is 2. The molecule has 0 radical (unpaired) electrons. The number of allylic oxidation sites excluding steroid dienone is 8. The fourth-order valence-corrected chi connectivity index (χ4v) is 2.84. The number of rotatable bonds is 2. The molecule has 0 spiro atoms. The van der Waals surface area contributed by atoms with Gasteiger partial charge in [-0.15, -0.1) is 12.8 Å². The molecule has 2 N–H and O–H groups in total. The first kappa shape index (κ1) is 40.5. The van der Waals surface area contributed by atoms with Crippen LogP contribution in [0.25, 0.3) is 0 Å². The normalized spacial score (nSPS) is 12.6. The van der Waals surface area contributed by atoms with Crippen LogP contribution in [0.2, 0.25) is 0 Å². The number of hydrogen-bond acceptors (Lipinski definition) is 2. The third-order valence-corrected chi connectivity index (χ3v) is 4.84. The van der Waals surface area contributed by atoms with E-state index in [-0.39, 0.29) is 38.0 Å². The molecular formula is C32H44F2O2SiZr-4. The van der Waals surface area contributed by atoms with Crippen molar-refractivity contribution in [2.45, 2.75) is 54.4 Å².